The Morgan fingerprint density at radius 2 is 1.30 bits per heavy atom. The molecule has 3 amide bonds. The third-order valence-electron chi connectivity index (χ3n) is 4.71. The second kappa shape index (κ2) is 10.2. The molecule has 0 aliphatic rings. The molecular formula is C24H23N3O6. The van der Waals surface area contributed by atoms with Crippen molar-refractivity contribution in [2.45, 2.75) is 19.8 Å². The highest BCUT2D eigenvalue weighted by atomic mass is 16.3. The fourth-order valence-corrected chi connectivity index (χ4v) is 2.97. The highest BCUT2D eigenvalue weighted by Gasteiger charge is 2.20. The Balaban J connectivity index is 1.93. The minimum absolute atomic E-state index is 0.0131. The number of phenolic OH excluding ortho intramolecular Hbond substituents is 3. The number of phenols is 3. The molecule has 170 valence electrons. The molecule has 0 atom stereocenters. The van der Waals surface area contributed by atoms with Gasteiger partial charge in [-0.1, -0.05) is 19.1 Å². The van der Waals surface area contributed by atoms with Crippen LogP contribution in [0.5, 0.6) is 17.2 Å². The van der Waals surface area contributed by atoms with E-state index in [9.17, 15) is 29.7 Å². The Morgan fingerprint density at radius 3 is 1.91 bits per heavy atom. The summed E-state index contributed by atoms with van der Waals surface area (Å²) in [6.45, 7) is 1.66. The van der Waals surface area contributed by atoms with Crippen LogP contribution in [0.2, 0.25) is 0 Å². The number of rotatable bonds is 7. The fraction of sp³-hybridized carbons (Fsp3) is 0.125. The lowest BCUT2D eigenvalue weighted by Gasteiger charge is -2.18. The molecular weight excluding hydrogens is 426 g/mol. The Hall–Kier alpha value is -4.53. The Bertz CT molecular complexity index is 1170. The minimum Gasteiger partial charge on any atom is -0.508 e. The summed E-state index contributed by atoms with van der Waals surface area (Å²) in [6, 6.07) is 14.2. The molecule has 9 heteroatoms. The third kappa shape index (κ3) is 6.01. The maximum absolute atomic E-state index is 12.7. The van der Waals surface area contributed by atoms with Gasteiger partial charge in [0.05, 0.1) is 17.8 Å². The van der Waals surface area contributed by atoms with Gasteiger partial charge in [0.2, 0.25) is 11.8 Å². The molecule has 0 fully saturated rings. The zero-order chi connectivity index (χ0) is 24.0. The first-order valence-corrected chi connectivity index (χ1v) is 10.1. The van der Waals surface area contributed by atoms with Gasteiger partial charge in [-0.3, -0.25) is 14.4 Å². The van der Waals surface area contributed by atoms with Gasteiger partial charge in [0.15, 0.2) is 0 Å². The second-order valence-electron chi connectivity index (χ2n) is 7.18. The molecule has 0 aliphatic heterocycles. The van der Waals surface area contributed by atoms with Gasteiger partial charge in [0, 0.05) is 12.0 Å². The van der Waals surface area contributed by atoms with Crippen molar-refractivity contribution in [3.05, 3.63) is 71.8 Å². The molecule has 0 unspecified atom stereocenters. The number of hydrogen-bond donors (Lipinski definition) is 6. The van der Waals surface area contributed by atoms with Gasteiger partial charge in [0.1, 0.15) is 22.9 Å². The summed E-state index contributed by atoms with van der Waals surface area (Å²) >= 11 is 0. The van der Waals surface area contributed by atoms with Crippen molar-refractivity contribution in [3.8, 4) is 17.2 Å². The number of anilines is 3. The molecule has 0 heterocycles. The van der Waals surface area contributed by atoms with Crippen LogP contribution in [0, 0.1) is 0 Å². The predicted molar refractivity (Wildman–Crippen MR) is 124 cm³/mol. The smallest absolute Gasteiger partial charge is 0.255 e. The summed E-state index contributed by atoms with van der Waals surface area (Å²) in [5.41, 5.74) is 0.948. The van der Waals surface area contributed by atoms with E-state index in [-0.39, 0.29) is 58.6 Å². The van der Waals surface area contributed by atoms with Crippen molar-refractivity contribution in [3.63, 3.8) is 0 Å². The van der Waals surface area contributed by atoms with Crippen molar-refractivity contribution in [2.24, 2.45) is 0 Å². The van der Waals surface area contributed by atoms with Gasteiger partial charge < -0.3 is 31.3 Å². The van der Waals surface area contributed by atoms with Crippen molar-refractivity contribution in [2.75, 3.05) is 16.0 Å². The zero-order valence-corrected chi connectivity index (χ0v) is 17.8. The second-order valence-corrected chi connectivity index (χ2v) is 7.18. The van der Waals surface area contributed by atoms with Crippen LogP contribution in [0.4, 0.5) is 17.1 Å². The monoisotopic (exact) mass is 449 g/mol. The summed E-state index contributed by atoms with van der Waals surface area (Å²) < 4.78 is 0. The van der Waals surface area contributed by atoms with Crippen LogP contribution >= 0.6 is 0 Å². The van der Waals surface area contributed by atoms with Crippen LogP contribution in [0.3, 0.4) is 0 Å². The summed E-state index contributed by atoms with van der Waals surface area (Å²) in [6.07, 6.45) is 0.124. The summed E-state index contributed by atoms with van der Waals surface area (Å²) in [7, 11) is 0. The van der Waals surface area contributed by atoms with Gasteiger partial charge in [-0.2, -0.15) is 0 Å². The fourth-order valence-electron chi connectivity index (χ4n) is 2.97. The molecule has 9 nitrogen and oxygen atoms in total. The van der Waals surface area contributed by atoms with E-state index in [1.54, 1.807) is 19.1 Å². The lowest BCUT2D eigenvalue weighted by molar-refractivity contribution is -0.116. The van der Waals surface area contributed by atoms with Gasteiger partial charge in [-0.25, -0.2) is 0 Å². The van der Waals surface area contributed by atoms with Gasteiger partial charge in [0.25, 0.3) is 5.91 Å². The van der Waals surface area contributed by atoms with Crippen LogP contribution < -0.4 is 16.0 Å². The molecule has 3 aromatic carbocycles. The quantitative estimate of drug-likeness (QED) is 0.240. The normalized spacial score (nSPS) is 10.3. The van der Waals surface area contributed by atoms with Gasteiger partial charge in [-0.15, -0.1) is 0 Å². The summed E-state index contributed by atoms with van der Waals surface area (Å²) in [4.78, 5) is 37.4. The number of benzene rings is 3. The maximum atomic E-state index is 12.7. The van der Waals surface area contributed by atoms with E-state index in [0.29, 0.717) is 5.56 Å². The molecule has 3 aromatic rings. The average molecular weight is 449 g/mol. The van der Waals surface area contributed by atoms with Gasteiger partial charge in [-0.05, 0) is 54.1 Å². The molecule has 33 heavy (non-hydrogen) atoms. The van der Waals surface area contributed by atoms with Crippen LogP contribution in [0.1, 0.15) is 29.3 Å². The first-order chi connectivity index (χ1) is 15.8. The predicted octanol–water partition coefficient (Wildman–Crippen LogP) is 3.59. The molecule has 0 aliphatic carbocycles. The molecule has 0 bridgehead atoms. The third-order valence-corrected chi connectivity index (χ3v) is 4.71. The lowest BCUT2D eigenvalue weighted by Crippen LogP contribution is -2.20. The van der Waals surface area contributed by atoms with Crippen LogP contribution in [0.25, 0.3) is 0 Å². The Kier molecular flexibility index (Phi) is 7.14. The van der Waals surface area contributed by atoms with E-state index < -0.39 is 11.8 Å². The molecule has 0 saturated heterocycles. The number of hydrogen-bond acceptors (Lipinski definition) is 6. The van der Waals surface area contributed by atoms with Crippen LogP contribution in [0.15, 0.2) is 60.7 Å². The van der Waals surface area contributed by atoms with E-state index >= 15 is 0 Å². The molecule has 0 radical (unpaired) electrons. The lowest BCUT2D eigenvalue weighted by atomic mass is 10.1. The average Bonchev–Trinajstić information content (AvgIpc) is 2.79. The standard InChI is InChI=1S/C24H23N3O6/c1-2-20(31)25-18-11-12-19(30)23(27-24(33)15-5-9-17(29)10-6-15)22(18)26-21(32)13-14-3-7-16(28)8-4-14/h3-12,28-30H,2,13H2,1H3,(H,25,31)(H,26,32)(H,27,33). The van der Waals surface area contributed by atoms with Crippen molar-refractivity contribution < 1.29 is 29.7 Å². The van der Waals surface area contributed by atoms with E-state index in [4.69, 9.17) is 0 Å². The maximum Gasteiger partial charge on any atom is 0.255 e. The van der Waals surface area contributed by atoms with Crippen LogP contribution in [-0.4, -0.2) is 33.0 Å². The number of carbonyl (C=O) groups is 3. The summed E-state index contributed by atoms with van der Waals surface area (Å²) in [5, 5.41) is 37.1. The largest absolute Gasteiger partial charge is 0.508 e. The molecule has 0 aromatic heterocycles. The highest BCUT2D eigenvalue weighted by molar-refractivity contribution is 6.11. The van der Waals surface area contributed by atoms with Crippen LogP contribution in [-0.2, 0) is 16.0 Å². The highest BCUT2D eigenvalue weighted by Crippen LogP contribution is 2.39. The molecule has 6 N–H and O–H groups in total. The molecule has 0 spiro atoms. The van der Waals surface area contributed by atoms with Crippen molar-refractivity contribution in [1.82, 2.24) is 0 Å². The van der Waals surface area contributed by atoms with E-state index in [1.165, 1.54) is 48.5 Å². The minimum atomic E-state index is -0.599. The van der Waals surface area contributed by atoms with Crippen molar-refractivity contribution in [1.29, 1.82) is 0 Å². The molecule has 0 saturated carbocycles. The summed E-state index contributed by atoms with van der Waals surface area (Å²) in [5.74, 6) is -1.67. The van der Waals surface area contributed by atoms with E-state index in [1.807, 2.05) is 0 Å². The van der Waals surface area contributed by atoms with Gasteiger partial charge >= 0.3 is 0 Å². The number of carbonyl (C=O) groups excluding carboxylic acids is 3. The topological polar surface area (TPSA) is 148 Å². The van der Waals surface area contributed by atoms with Crippen molar-refractivity contribution >= 4 is 34.8 Å². The number of amides is 3. The number of aromatic hydroxyl groups is 3. The first kappa shape index (κ1) is 23.1. The number of nitrogens with one attached hydrogen (secondary N) is 3. The zero-order valence-electron chi connectivity index (χ0n) is 17.8. The van der Waals surface area contributed by atoms with E-state index in [0.717, 1.165) is 0 Å². The Labute approximate surface area is 189 Å². The Morgan fingerprint density at radius 1 is 0.697 bits per heavy atom. The first-order valence-electron chi connectivity index (χ1n) is 10.1. The van der Waals surface area contributed by atoms with E-state index in [2.05, 4.69) is 16.0 Å². The molecule has 3 rings (SSSR count). The SMILES string of the molecule is CCC(=O)Nc1ccc(O)c(NC(=O)c2ccc(O)cc2)c1NC(=O)Cc1ccc(O)cc1.